The Balaban J connectivity index is 0. The lowest BCUT2D eigenvalue weighted by Gasteiger charge is -1.68. The number of aldehydes is 1. The van der Waals surface area contributed by atoms with Gasteiger partial charge >= 0.3 is 0 Å². The fourth-order valence-electron chi connectivity index (χ4n) is 0.0527. The third-order valence-electron chi connectivity index (χ3n) is 0.247. The summed E-state index contributed by atoms with van der Waals surface area (Å²) in [5, 5.41) is 0. The molecule has 0 bridgehead atoms. The molecule has 0 unspecified atom stereocenters. The number of carbonyl (C=O) groups is 1. The van der Waals surface area contributed by atoms with Gasteiger partial charge in [0.2, 0.25) is 0 Å². The molecule has 38 valence electrons. The van der Waals surface area contributed by atoms with Crippen molar-refractivity contribution in [3.63, 3.8) is 0 Å². The average molecular weight is 106 g/mol. The van der Waals surface area contributed by atoms with Crippen molar-refractivity contribution in [3.8, 4) is 0 Å². The monoisotopic (exact) mass is 106 g/mol. The van der Waals surface area contributed by atoms with E-state index in [1.165, 1.54) is 0 Å². The maximum atomic E-state index is 9.36. The van der Waals surface area contributed by atoms with Crippen LogP contribution in [-0.2, 0) is 4.79 Å². The number of carbonyl (C=O) groups excluding carboxylic acids is 1. The van der Waals surface area contributed by atoms with E-state index in [-0.39, 0.29) is 7.43 Å². The first-order valence-corrected chi connectivity index (χ1v) is 2.09. The van der Waals surface area contributed by atoms with Crippen molar-refractivity contribution >= 4 is 18.9 Å². The fourth-order valence-corrected chi connectivity index (χ4v) is 0.158. The molecule has 0 rings (SSSR count). The zero-order chi connectivity index (χ0) is 4.12. The summed E-state index contributed by atoms with van der Waals surface area (Å²) in [6.07, 6.45) is 1.43. The predicted molar refractivity (Wildman–Crippen MR) is 31.3 cm³/mol. The van der Waals surface area contributed by atoms with Crippen molar-refractivity contribution in [2.45, 2.75) is 13.8 Å². The minimum atomic E-state index is 0. The summed E-state index contributed by atoms with van der Waals surface area (Å²) in [5.74, 6) is 0.670. The molecule has 0 radical (unpaired) electrons. The standard InChI is InChI=1S/C3H6OS.CH4/c4-2-1-3-5;/h2,5H,1,3H2;1H4. The first-order chi connectivity index (χ1) is 2.41. The summed E-state index contributed by atoms with van der Waals surface area (Å²) in [7, 11) is 0. The molecule has 0 saturated heterocycles. The fraction of sp³-hybridized carbons (Fsp3) is 0.750. The number of rotatable bonds is 2. The summed E-state index contributed by atoms with van der Waals surface area (Å²) < 4.78 is 0. The van der Waals surface area contributed by atoms with Crippen molar-refractivity contribution in [1.29, 1.82) is 0 Å². The highest BCUT2D eigenvalue weighted by Gasteiger charge is 1.67. The molecule has 2 heteroatoms. The lowest BCUT2D eigenvalue weighted by molar-refractivity contribution is -0.107. The van der Waals surface area contributed by atoms with Crippen LogP contribution in [0.15, 0.2) is 0 Å². The van der Waals surface area contributed by atoms with Gasteiger partial charge in [0.05, 0.1) is 0 Å². The summed E-state index contributed by atoms with van der Waals surface area (Å²) >= 11 is 3.77. The van der Waals surface area contributed by atoms with Gasteiger partial charge in [0.25, 0.3) is 0 Å². The largest absolute Gasteiger partial charge is 0.303 e. The minimum Gasteiger partial charge on any atom is -0.303 e. The van der Waals surface area contributed by atoms with Crippen molar-refractivity contribution in [2.75, 3.05) is 5.75 Å². The van der Waals surface area contributed by atoms with Crippen LogP contribution < -0.4 is 0 Å². The van der Waals surface area contributed by atoms with Crippen molar-refractivity contribution in [3.05, 3.63) is 0 Å². The molecule has 0 aliphatic heterocycles. The van der Waals surface area contributed by atoms with Crippen LogP contribution >= 0.6 is 12.6 Å². The van der Waals surface area contributed by atoms with Gasteiger partial charge in [0.15, 0.2) is 0 Å². The van der Waals surface area contributed by atoms with Crippen LogP contribution in [0.5, 0.6) is 0 Å². The number of hydrogen-bond acceptors (Lipinski definition) is 2. The molecule has 0 aromatic rings. The molecule has 0 aromatic heterocycles. The van der Waals surface area contributed by atoms with Gasteiger partial charge in [-0.25, -0.2) is 0 Å². The Kier molecular flexibility index (Phi) is 13.9. The molecule has 0 amide bonds. The van der Waals surface area contributed by atoms with Crippen molar-refractivity contribution in [2.24, 2.45) is 0 Å². The Bertz CT molecular complexity index is 28.7. The third kappa shape index (κ3) is 8.99. The number of thiol groups is 1. The highest BCUT2D eigenvalue weighted by atomic mass is 32.1. The van der Waals surface area contributed by atoms with Crippen LogP contribution in [0.4, 0.5) is 0 Å². The molecule has 0 saturated carbocycles. The summed E-state index contributed by atoms with van der Waals surface area (Å²) in [5.41, 5.74) is 0. The van der Waals surface area contributed by atoms with Crippen LogP contribution in [0.3, 0.4) is 0 Å². The van der Waals surface area contributed by atoms with E-state index in [0.29, 0.717) is 12.2 Å². The topological polar surface area (TPSA) is 17.1 Å². The molecule has 0 aliphatic carbocycles. The van der Waals surface area contributed by atoms with E-state index in [0.717, 1.165) is 6.29 Å². The molecule has 0 fully saturated rings. The van der Waals surface area contributed by atoms with Gasteiger partial charge in [0, 0.05) is 6.42 Å². The SMILES string of the molecule is C.O=CCCS. The first-order valence-electron chi connectivity index (χ1n) is 1.46. The molecule has 0 atom stereocenters. The molecule has 1 nitrogen and oxygen atoms in total. The van der Waals surface area contributed by atoms with Crippen LogP contribution in [-0.4, -0.2) is 12.0 Å². The maximum Gasteiger partial charge on any atom is 0.120 e. The lowest BCUT2D eigenvalue weighted by Crippen LogP contribution is -1.70. The predicted octanol–water partition coefficient (Wildman–Crippen LogP) is 1.14. The highest BCUT2D eigenvalue weighted by molar-refractivity contribution is 7.80. The van der Waals surface area contributed by atoms with Crippen LogP contribution in [0.1, 0.15) is 13.8 Å². The summed E-state index contributed by atoms with van der Waals surface area (Å²) in [6, 6.07) is 0. The minimum absolute atomic E-state index is 0. The third-order valence-corrected chi connectivity index (χ3v) is 0.505. The Labute approximate surface area is 44.2 Å². The second kappa shape index (κ2) is 8.89. The Morgan fingerprint density at radius 2 is 2.17 bits per heavy atom. The van der Waals surface area contributed by atoms with Crippen LogP contribution in [0.2, 0.25) is 0 Å². The van der Waals surface area contributed by atoms with E-state index >= 15 is 0 Å². The van der Waals surface area contributed by atoms with Gasteiger partial charge in [-0.2, -0.15) is 12.6 Å². The molecule has 0 heterocycles. The van der Waals surface area contributed by atoms with E-state index in [9.17, 15) is 4.79 Å². The van der Waals surface area contributed by atoms with Crippen LogP contribution in [0, 0.1) is 0 Å². The number of hydrogen-bond donors (Lipinski definition) is 1. The molecular formula is C4H10OS. The van der Waals surface area contributed by atoms with E-state index in [1.807, 2.05) is 0 Å². The molecule has 0 aliphatic rings. The van der Waals surface area contributed by atoms with E-state index in [4.69, 9.17) is 0 Å². The Morgan fingerprint density at radius 1 is 1.67 bits per heavy atom. The highest BCUT2D eigenvalue weighted by Crippen LogP contribution is 1.73. The molecule has 0 N–H and O–H groups in total. The van der Waals surface area contributed by atoms with Gasteiger partial charge < -0.3 is 4.79 Å². The van der Waals surface area contributed by atoms with Crippen molar-refractivity contribution in [1.82, 2.24) is 0 Å². The Hall–Kier alpha value is 0.0200. The smallest absolute Gasteiger partial charge is 0.120 e. The van der Waals surface area contributed by atoms with Gasteiger partial charge in [-0.3, -0.25) is 0 Å². The molecule has 0 spiro atoms. The quantitative estimate of drug-likeness (QED) is 0.412. The Morgan fingerprint density at radius 3 is 2.17 bits per heavy atom. The van der Waals surface area contributed by atoms with Gasteiger partial charge in [-0.05, 0) is 5.75 Å². The van der Waals surface area contributed by atoms with E-state index in [2.05, 4.69) is 12.6 Å². The zero-order valence-electron chi connectivity index (χ0n) is 2.85. The summed E-state index contributed by atoms with van der Waals surface area (Å²) in [6.45, 7) is 0. The van der Waals surface area contributed by atoms with E-state index < -0.39 is 0 Å². The second-order valence-electron chi connectivity index (χ2n) is 0.679. The maximum absolute atomic E-state index is 9.36. The molecule has 0 aromatic carbocycles. The molecule has 6 heavy (non-hydrogen) atoms. The first kappa shape index (κ1) is 9.39. The average Bonchev–Trinajstić information content (AvgIpc) is 1.41. The van der Waals surface area contributed by atoms with Gasteiger partial charge in [-0.15, -0.1) is 0 Å². The summed E-state index contributed by atoms with van der Waals surface area (Å²) in [4.78, 5) is 9.36. The second-order valence-corrected chi connectivity index (χ2v) is 1.13. The van der Waals surface area contributed by atoms with Crippen LogP contribution in [0.25, 0.3) is 0 Å². The van der Waals surface area contributed by atoms with Gasteiger partial charge in [0.1, 0.15) is 6.29 Å². The lowest BCUT2D eigenvalue weighted by atomic mass is 10.6. The zero-order valence-corrected chi connectivity index (χ0v) is 3.74. The molecular weight excluding hydrogens is 96.1 g/mol. The van der Waals surface area contributed by atoms with E-state index in [1.54, 1.807) is 0 Å². The van der Waals surface area contributed by atoms with Gasteiger partial charge in [-0.1, -0.05) is 7.43 Å². The normalized spacial score (nSPS) is 6.17. The van der Waals surface area contributed by atoms with Crippen molar-refractivity contribution < 1.29 is 4.79 Å².